The SMILES string of the molecule is FC(F)(F)C(F)(F)COC1=C(OCC(F)(F)C(F)(F)F)C(OCC(F)(F)C(F)(F)F)=C(OCC(F)(F)C(F)(F)F)[P+](OCC(F)(F)C(F)(F)F)(OCC(F)(F)C(F)(F)F)N1. The van der Waals surface area contributed by atoms with E-state index in [1.54, 1.807) is 0 Å². The van der Waals surface area contributed by atoms with Crippen LogP contribution in [0.15, 0.2) is 22.9 Å². The standard InChI is InChI=1S/C22H13F30NO6P/c23-11(24,17(35,36)37)1-54-7-8(55-2-12(25,26)18(38,39)40)10(57-4-14(29,30)20(44,45)46)60(58-5-15(31,32)21(47,48)49,59-6-16(33,34)22(50,51)52)53-9(7)56-3-13(27,28)19(41,42)43/h53H,1-6H2/q+1. The van der Waals surface area contributed by atoms with Crippen molar-refractivity contribution >= 4 is 7.87 Å². The smallest absolute Gasteiger partial charge is 0.456 e. The van der Waals surface area contributed by atoms with Gasteiger partial charge >= 0.3 is 86.0 Å². The van der Waals surface area contributed by atoms with E-state index < -0.39 is 143 Å². The van der Waals surface area contributed by atoms with Gasteiger partial charge in [0.25, 0.3) is 11.6 Å². The van der Waals surface area contributed by atoms with Gasteiger partial charge in [0.2, 0.25) is 5.76 Å². The maximum absolute atomic E-state index is 14.0. The summed E-state index contributed by atoms with van der Waals surface area (Å²) in [6.45, 7) is -23.0. The first-order valence-corrected chi connectivity index (χ1v) is 15.3. The molecule has 0 unspecified atom stereocenters. The summed E-state index contributed by atoms with van der Waals surface area (Å²) in [4.78, 5) is 0. The molecule has 0 aliphatic carbocycles. The normalized spacial score (nSPS) is 17.5. The molecule has 1 aliphatic heterocycles. The van der Waals surface area contributed by atoms with Gasteiger partial charge in [-0.2, -0.15) is 146 Å². The minimum absolute atomic E-state index is 0.319. The average molecular weight is 988 g/mol. The molecule has 0 saturated heterocycles. The summed E-state index contributed by atoms with van der Waals surface area (Å²) in [5, 5.41) is 0.319. The molecule has 38 heteroatoms. The molecule has 0 spiro atoms. The molecule has 1 N–H and O–H groups in total. The van der Waals surface area contributed by atoms with Crippen LogP contribution in [0.1, 0.15) is 0 Å². The molecule has 0 fully saturated rings. The van der Waals surface area contributed by atoms with Crippen LogP contribution in [0, 0.1) is 0 Å². The number of rotatable bonds is 18. The highest BCUT2D eigenvalue weighted by molar-refractivity contribution is 7.68. The summed E-state index contributed by atoms with van der Waals surface area (Å²) in [6, 6.07) is 0. The Kier molecular flexibility index (Phi) is 15.3. The highest BCUT2D eigenvalue weighted by Crippen LogP contribution is 2.70. The van der Waals surface area contributed by atoms with Crippen molar-refractivity contribution in [1.29, 1.82) is 0 Å². The number of ether oxygens (including phenoxy) is 4. The lowest BCUT2D eigenvalue weighted by Crippen LogP contribution is -2.46. The zero-order valence-electron chi connectivity index (χ0n) is 27.0. The molecule has 0 bridgehead atoms. The molecular weight excluding hydrogens is 975 g/mol. The van der Waals surface area contributed by atoms with E-state index in [1.165, 1.54) is 0 Å². The van der Waals surface area contributed by atoms with E-state index in [-0.39, 0.29) is 0 Å². The van der Waals surface area contributed by atoms with Crippen molar-refractivity contribution in [2.24, 2.45) is 0 Å². The largest absolute Gasteiger partial charge is 0.478 e. The minimum Gasteiger partial charge on any atom is -0.478 e. The number of alkyl halides is 30. The van der Waals surface area contributed by atoms with E-state index in [4.69, 9.17) is 0 Å². The quantitative estimate of drug-likeness (QED) is 0.108. The Bertz CT molecular complexity index is 1510. The second-order valence-corrected chi connectivity index (χ2v) is 13.1. The third-order valence-electron chi connectivity index (χ3n) is 6.05. The molecule has 1 aliphatic rings. The average Bonchev–Trinajstić information content (AvgIpc) is 3.00. The third kappa shape index (κ3) is 12.7. The Morgan fingerprint density at radius 1 is 0.300 bits per heavy atom. The lowest BCUT2D eigenvalue weighted by molar-refractivity contribution is -0.299. The van der Waals surface area contributed by atoms with E-state index in [9.17, 15) is 132 Å². The van der Waals surface area contributed by atoms with Crippen molar-refractivity contribution in [3.63, 3.8) is 0 Å². The first-order valence-electron chi connectivity index (χ1n) is 13.7. The second kappa shape index (κ2) is 16.8. The van der Waals surface area contributed by atoms with E-state index in [0.29, 0.717) is 5.09 Å². The van der Waals surface area contributed by atoms with Gasteiger partial charge in [0.15, 0.2) is 39.6 Å². The van der Waals surface area contributed by atoms with E-state index in [2.05, 4.69) is 28.0 Å². The molecular formula is C22H13F30NO6P+. The topological polar surface area (TPSA) is 67.4 Å². The van der Waals surface area contributed by atoms with Crippen molar-refractivity contribution in [3.8, 4) is 0 Å². The third-order valence-corrected chi connectivity index (χ3v) is 8.40. The van der Waals surface area contributed by atoms with E-state index in [0.717, 1.165) is 0 Å². The maximum Gasteiger partial charge on any atom is 0.456 e. The van der Waals surface area contributed by atoms with Gasteiger partial charge in [0, 0.05) is 0 Å². The molecule has 1 rings (SSSR count). The van der Waals surface area contributed by atoms with Crippen LogP contribution >= 0.6 is 7.87 Å². The van der Waals surface area contributed by atoms with Crippen molar-refractivity contribution in [3.05, 3.63) is 22.9 Å². The zero-order valence-corrected chi connectivity index (χ0v) is 27.9. The molecule has 0 atom stereocenters. The predicted octanol–water partition coefficient (Wildman–Crippen LogP) is 11.0. The van der Waals surface area contributed by atoms with E-state index >= 15 is 0 Å². The molecule has 60 heavy (non-hydrogen) atoms. The summed E-state index contributed by atoms with van der Waals surface area (Å²) in [5.74, 6) is -50.0. The Hall–Kier alpha value is -3.27. The number of hydrogen-bond acceptors (Lipinski definition) is 7. The van der Waals surface area contributed by atoms with Crippen LogP contribution in [0.25, 0.3) is 0 Å². The first kappa shape index (κ1) is 54.7. The van der Waals surface area contributed by atoms with Crippen LogP contribution in [-0.4, -0.2) is 112 Å². The summed E-state index contributed by atoms with van der Waals surface area (Å²) >= 11 is 0. The molecule has 1 heterocycles. The van der Waals surface area contributed by atoms with Crippen molar-refractivity contribution < 1.29 is 160 Å². The molecule has 0 radical (unpaired) electrons. The Labute approximate surface area is 309 Å². The molecule has 0 aromatic heterocycles. The molecule has 356 valence electrons. The van der Waals surface area contributed by atoms with E-state index in [1.807, 2.05) is 0 Å². The van der Waals surface area contributed by atoms with Gasteiger partial charge in [-0.05, 0) is 0 Å². The van der Waals surface area contributed by atoms with Crippen LogP contribution in [-0.2, 0) is 28.0 Å². The monoisotopic (exact) mass is 988 g/mol. The first-order chi connectivity index (χ1) is 26.0. The molecule has 0 saturated carbocycles. The minimum atomic E-state index is -7.57. The van der Waals surface area contributed by atoms with Crippen LogP contribution in [0.2, 0.25) is 0 Å². The Morgan fingerprint density at radius 3 is 0.817 bits per heavy atom. The summed E-state index contributed by atoms with van der Waals surface area (Å²) in [5.41, 5.74) is -3.49. The summed E-state index contributed by atoms with van der Waals surface area (Å²) < 4.78 is 421. The van der Waals surface area contributed by atoms with Gasteiger partial charge in [0.1, 0.15) is 0 Å². The Balaban J connectivity index is 4.70. The van der Waals surface area contributed by atoms with Gasteiger partial charge < -0.3 is 18.9 Å². The summed E-state index contributed by atoms with van der Waals surface area (Å²) in [7, 11) is -7.57. The van der Waals surface area contributed by atoms with Gasteiger partial charge in [-0.1, -0.05) is 0 Å². The van der Waals surface area contributed by atoms with Crippen LogP contribution in [0.4, 0.5) is 132 Å². The number of halogens is 30. The van der Waals surface area contributed by atoms with Gasteiger partial charge in [-0.3, -0.25) is 0 Å². The molecule has 0 aromatic carbocycles. The summed E-state index contributed by atoms with van der Waals surface area (Å²) in [6.07, 6.45) is -42.6. The van der Waals surface area contributed by atoms with Crippen molar-refractivity contribution in [2.75, 3.05) is 39.6 Å². The highest BCUT2D eigenvalue weighted by atomic mass is 31.2. The van der Waals surface area contributed by atoms with Crippen molar-refractivity contribution in [2.45, 2.75) is 72.6 Å². The van der Waals surface area contributed by atoms with Gasteiger partial charge in [-0.25, -0.2) is 0 Å². The van der Waals surface area contributed by atoms with Crippen LogP contribution < -0.4 is 5.09 Å². The van der Waals surface area contributed by atoms with Crippen molar-refractivity contribution in [1.82, 2.24) is 5.09 Å². The fourth-order valence-electron chi connectivity index (χ4n) is 2.78. The fraction of sp³-hybridized carbons (Fsp3) is 0.818. The van der Waals surface area contributed by atoms with Crippen LogP contribution in [0.3, 0.4) is 0 Å². The predicted molar refractivity (Wildman–Crippen MR) is 126 cm³/mol. The second-order valence-electron chi connectivity index (χ2n) is 10.9. The number of nitrogens with one attached hydrogen (secondary N) is 1. The van der Waals surface area contributed by atoms with Gasteiger partial charge in [-0.15, -0.1) is 0 Å². The highest BCUT2D eigenvalue weighted by Gasteiger charge is 2.70. The number of hydrogen-bond donors (Lipinski definition) is 1. The lowest BCUT2D eigenvalue weighted by atomic mass is 10.3. The molecule has 0 aromatic rings. The fourth-order valence-corrected chi connectivity index (χ4v) is 5.11. The Morgan fingerprint density at radius 2 is 0.533 bits per heavy atom. The zero-order chi connectivity index (χ0) is 48.0. The molecule has 0 amide bonds. The van der Waals surface area contributed by atoms with Gasteiger partial charge in [0.05, 0.1) is 0 Å². The van der Waals surface area contributed by atoms with Crippen LogP contribution in [0.5, 0.6) is 0 Å². The maximum atomic E-state index is 14.0. The lowest BCUT2D eigenvalue weighted by Gasteiger charge is -2.35. The molecule has 7 nitrogen and oxygen atoms in total.